The number of carbonyl (C=O) groups excluding carboxylic acids is 1. The predicted octanol–water partition coefficient (Wildman–Crippen LogP) is 1.57. The number of nitrogens with one attached hydrogen (secondary N) is 1. The second-order valence-electron chi connectivity index (χ2n) is 6.29. The van der Waals surface area contributed by atoms with E-state index in [1.54, 1.807) is 0 Å². The van der Waals surface area contributed by atoms with E-state index in [2.05, 4.69) is 22.1 Å². The van der Waals surface area contributed by atoms with Gasteiger partial charge in [0.25, 0.3) is 5.09 Å². The molecule has 1 saturated heterocycles. The number of alkyl carbamates (subject to hydrolysis) is 1. The van der Waals surface area contributed by atoms with Crippen molar-refractivity contribution in [1.29, 1.82) is 0 Å². The van der Waals surface area contributed by atoms with Crippen LogP contribution in [0, 0.1) is 16.0 Å². The first-order valence-corrected chi connectivity index (χ1v) is 7.96. The van der Waals surface area contributed by atoms with Gasteiger partial charge >= 0.3 is 6.09 Å². The van der Waals surface area contributed by atoms with Crippen LogP contribution in [0.15, 0.2) is 0 Å². The van der Waals surface area contributed by atoms with E-state index >= 15 is 0 Å². The minimum Gasteiger partial charge on any atom is -0.446 e. The summed E-state index contributed by atoms with van der Waals surface area (Å²) in [6.07, 6.45) is 4.73. The van der Waals surface area contributed by atoms with Crippen LogP contribution in [0.4, 0.5) is 4.79 Å². The quantitative estimate of drug-likeness (QED) is 0.611. The van der Waals surface area contributed by atoms with E-state index in [4.69, 9.17) is 4.74 Å². The van der Waals surface area contributed by atoms with Crippen molar-refractivity contribution in [3.63, 3.8) is 0 Å². The molecule has 126 valence electrons. The molecule has 1 amide bonds. The molecule has 2 fully saturated rings. The van der Waals surface area contributed by atoms with E-state index in [1.165, 1.54) is 0 Å². The van der Waals surface area contributed by atoms with Crippen molar-refractivity contribution >= 4 is 6.09 Å². The van der Waals surface area contributed by atoms with Crippen molar-refractivity contribution < 1.29 is 19.5 Å². The number of likely N-dealkylation sites (tertiary alicyclic amines) is 1. The second-order valence-corrected chi connectivity index (χ2v) is 6.29. The predicted molar refractivity (Wildman–Crippen MR) is 78.8 cm³/mol. The van der Waals surface area contributed by atoms with E-state index in [0.29, 0.717) is 0 Å². The molecule has 1 saturated carbocycles. The summed E-state index contributed by atoms with van der Waals surface area (Å²) >= 11 is 0. The number of hydrogen-bond acceptors (Lipinski definition) is 6. The molecule has 0 unspecified atom stereocenters. The first-order valence-electron chi connectivity index (χ1n) is 7.96. The number of nitrogens with zero attached hydrogens (tertiary/aromatic N) is 2. The highest BCUT2D eigenvalue weighted by molar-refractivity contribution is 5.67. The molecule has 0 radical (unpaired) electrons. The summed E-state index contributed by atoms with van der Waals surface area (Å²) in [4.78, 5) is 28.7. The Hall–Kier alpha value is -1.57. The van der Waals surface area contributed by atoms with Crippen LogP contribution in [-0.2, 0) is 9.57 Å². The van der Waals surface area contributed by atoms with Gasteiger partial charge in [0.05, 0.1) is 6.61 Å². The Morgan fingerprint density at radius 2 is 1.86 bits per heavy atom. The third kappa shape index (κ3) is 5.67. The van der Waals surface area contributed by atoms with E-state index in [-0.39, 0.29) is 30.8 Å². The van der Waals surface area contributed by atoms with E-state index in [9.17, 15) is 14.9 Å². The minimum atomic E-state index is -0.747. The Morgan fingerprint density at radius 3 is 2.45 bits per heavy atom. The third-order valence-corrected chi connectivity index (χ3v) is 4.52. The molecule has 0 spiro atoms. The molecule has 0 atom stereocenters. The standard InChI is InChI=1S/C14H25N3O5/c1-16-8-6-13(7-9-16)22-14(18)15-12-4-2-11(3-5-12)10-21-17(19)20/h11-13H,2-10H2,1H3,(H,15,18). The molecule has 0 bridgehead atoms. The Morgan fingerprint density at radius 1 is 1.23 bits per heavy atom. The fourth-order valence-corrected chi connectivity index (χ4v) is 3.09. The fourth-order valence-electron chi connectivity index (χ4n) is 3.09. The molecule has 2 aliphatic rings. The Labute approximate surface area is 130 Å². The number of hydrogen-bond donors (Lipinski definition) is 1. The maximum Gasteiger partial charge on any atom is 0.407 e. The minimum absolute atomic E-state index is 0.0148. The summed E-state index contributed by atoms with van der Waals surface area (Å²) in [6.45, 7) is 2.07. The van der Waals surface area contributed by atoms with Crippen LogP contribution in [0.3, 0.4) is 0 Å². The van der Waals surface area contributed by atoms with Crippen molar-refractivity contribution in [2.75, 3.05) is 26.7 Å². The average molecular weight is 315 g/mol. The van der Waals surface area contributed by atoms with E-state index in [1.807, 2.05) is 0 Å². The van der Waals surface area contributed by atoms with Gasteiger partial charge in [0.2, 0.25) is 0 Å². The van der Waals surface area contributed by atoms with Crippen molar-refractivity contribution in [1.82, 2.24) is 10.2 Å². The van der Waals surface area contributed by atoms with Gasteiger partial charge in [0, 0.05) is 19.1 Å². The maximum absolute atomic E-state index is 11.9. The van der Waals surface area contributed by atoms with Crippen LogP contribution in [0.25, 0.3) is 0 Å². The lowest BCUT2D eigenvalue weighted by Gasteiger charge is -2.31. The normalized spacial score (nSPS) is 27.1. The molecule has 22 heavy (non-hydrogen) atoms. The summed E-state index contributed by atoms with van der Waals surface area (Å²) in [5.41, 5.74) is 0. The second kappa shape index (κ2) is 8.17. The molecule has 8 heteroatoms. The zero-order valence-electron chi connectivity index (χ0n) is 13.0. The van der Waals surface area contributed by atoms with Crippen molar-refractivity contribution in [3.8, 4) is 0 Å². The number of amides is 1. The highest BCUT2D eigenvalue weighted by Crippen LogP contribution is 2.24. The number of ether oxygens (including phenoxy) is 1. The van der Waals surface area contributed by atoms with Crippen LogP contribution in [0.1, 0.15) is 38.5 Å². The van der Waals surface area contributed by atoms with Crippen molar-refractivity contribution in [3.05, 3.63) is 10.1 Å². The Balaban J connectivity index is 1.61. The molecule has 1 N–H and O–H groups in total. The summed E-state index contributed by atoms with van der Waals surface area (Å²) in [5, 5.41) is 12.3. The topological polar surface area (TPSA) is 93.9 Å². The van der Waals surface area contributed by atoms with Gasteiger partial charge in [-0.05, 0) is 51.5 Å². The van der Waals surface area contributed by atoms with Crippen molar-refractivity contribution in [2.45, 2.75) is 50.7 Å². The SMILES string of the molecule is CN1CCC(OC(=O)NC2CCC(CO[N+](=O)[O-])CC2)CC1. The van der Waals surface area contributed by atoms with Crippen LogP contribution in [0.2, 0.25) is 0 Å². The van der Waals surface area contributed by atoms with Crippen LogP contribution < -0.4 is 5.32 Å². The van der Waals surface area contributed by atoms with Gasteiger partial charge in [-0.2, -0.15) is 0 Å². The first kappa shape index (κ1) is 16.8. The van der Waals surface area contributed by atoms with Gasteiger partial charge in [0.1, 0.15) is 6.10 Å². The third-order valence-electron chi connectivity index (χ3n) is 4.52. The van der Waals surface area contributed by atoms with Crippen LogP contribution in [-0.4, -0.2) is 55.0 Å². The molecule has 0 aromatic heterocycles. The zero-order chi connectivity index (χ0) is 15.9. The van der Waals surface area contributed by atoms with Crippen molar-refractivity contribution in [2.24, 2.45) is 5.92 Å². The van der Waals surface area contributed by atoms with Gasteiger partial charge < -0.3 is 19.8 Å². The summed E-state index contributed by atoms with van der Waals surface area (Å²) in [6, 6.07) is 0.102. The highest BCUT2D eigenvalue weighted by Gasteiger charge is 2.25. The van der Waals surface area contributed by atoms with Gasteiger partial charge in [-0.25, -0.2) is 4.79 Å². The molecule has 0 aromatic rings. The lowest BCUT2D eigenvalue weighted by Crippen LogP contribution is -2.42. The molecular formula is C14H25N3O5. The zero-order valence-corrected chi connectivity index (χ0v) is 13.0. The van der Waals surface area contributed by atoms with Gasteiger partial charge in [0.15, 0.2) is 0 Å². The lowest BCUT2D eigenvalue weighted by atomic mass is 9.87. The molecule has 0 aromatic carbocycles. The van der Waals surface area contributed by atoms with E-state index < -0.39 is 5.09 Å². The lowest BCUT2D eigenvalue weighted by molar-refractivity contribution is -0.759. The molecule has 1 heterocycles. The summed E-state index contributed by atoms with van der Waals surface area (Å²) < 4.78 is 5.46. The van der Waals surface area contributed by atoms with Crippen LogP contribution in [0.5, 0.6) is 0 Å². The van der Waals surface area contributed by atoms with Gasteiger partial charge in [-0.3, -0.25) is 0 Å². The highest BCUT2D eigenvalue weighted by atomic mass is 16.9. The summed E-state index contributed by atoms with van der Waals surface area (Å²) in [7, 11) is 2.07. The molecule has 2 rings (SSSR count). The van der Waals surface area contributed by atoms with E-state index in [0.717, 1.165) is 51.6 Å². The molecular weight excluding hydrogens is 290 g/mol. The average Bonchev–Trinajstić information content (AvgIpc) is 2.49. The molecule has 1 aliphatic carbocycles. The molecule has 1 aliphatic heterocycles. The largest absolute Gasteiger partial charge is 0.446 e. The Bertz CT molecular complexity index is 377. The number of carbonyl (C=O) groups is 1. The summed E-state index contributed by atoms with van der Waals surface area (Å²) in [5.74, 6) is 0.202. The maximum atomic E-state index is 11.9. The Kier molecular flexibility index (Phi) is 6.23. The first-order chi connectivity index (χ1) is 10.5. The monoisotopic (exact) mass is 315 g/mol. The van der Waals surface area contributed by atoms with Gasteiger partial charge in [-0.1, -0.05) is 0 Å². The van der Waals surface area contributed by atoms with Crippen LogP contribution >= 0.6 is 0 Å². The smallest absolute Gasteiger partial charge is 0.407 e. The van der Waals surface area contributed by atoms with Gasteiger partial charge in [-0.15, -0.1) is 10.1 Å². The fraction of sp³-hybridized carbons (Fsp3) is 0.929. The molecule has 8 nitrogen and oxygen atoms in total. The number of rotatable bonds is 5. The number of piperidine rings is 1.